The third-order valence-corrected chi connectivity index (χ3v) is 3.77. The lowest BCUT2D eigenvalue weighted by Crippen LogP contribution is -2.36. The molecule has 3 rings (SSSR count). The van der Waals surface area contributed by atoms with Crippen molar-refractivity contribution >= 4 is 0 Å². The SMILES string of the molecule is CC[C@H]1O[C@H]2OC(C)(C)OC2[C@H]1OCc1ccccc1. The van der Waals surface area contributed by atoms with Crippen LogP contribution in [0.3, 0.4) is 0 Å². The van der Waals surface area contributed by atoms with Gasteiger partial charge in [-0.3, -0.25) is 0 Å². The van der Waals surface area contributed by atoms with E-state index in [0.29, 0.717) is 6.61 Å². The third-order valence-electron chi connectivity index (χ3n) is 3.77. The molecule has 0 amide bonds. The molecule has 1 unspecified atom stereocenters. The Morgan fingerprint density at radius 2 is 1.90 bits per heavy atom. The Balaban J connectivity index is 1.67. The van der Waals surface area contributed by atoms with Gasteiger partial charge in [0.25, 0.3) is 0 Å². The smallest absolute Gasteiger partial charge is 0.190 e. The topological polar surface area (TPSA) is 36.9 Å². The van der Waals surface area contributed by atoms with Crippen molar-refractivity contribution < 1.29 is 18.9 Å². The zero-order valence-corrected chi connectivity index (χ0v) is 12.2. The molecule has 1 aromatic carbocycles. The second kappa shape index (κ2) is 5.45. The molecule has 2 aliphatic heterocycles. The van der Waals surface area contributed by atoms with Gasteiger partial charge in [-0.15, -0.1) is 0 Å². The molecule has 2 heterocycles. The van der Waals surface area contributed by atoms with Crippen LogP contribution in [0.15, 0.2) is 30.3 Å². The molecule has 2 saturated heterocycles. The first-order chi connectivity index (χ1) is 9.59. The number of ether oxygens (including phenoxy) is 4. The minimum absolute atomic E-state index is 0.0322. The summed E-state index contributed by atoms with van der Waals surface area (Å²) in [7, 11) is 0. The number of rotatable bonds is 4. The summed E-state index contributed by atoms with van der Waals surface area (Å²) >= 11 is 0. The van der Waals surface area contributed by atoms with E-state index in [1.807, 2.05) is 32.0 Å². The predicted octanol–water partition coefficient (Wildman–Crippen LogP) is 2.86. The summed E-state index contributed by atoms with van der Waals surface area (Å²) < 4.78 is 23.7. The van der Waals surface area contributed by atoms with Gasteiger partial charge in [-0.1, -0.05) is 37.3 Å². The van der Waals surface area contributed by atoms with Crippen molar-refractivity contribution in [2.45, 2.75) is 64.2 Å². The van der Waals surface area contributed by atoms with E-state index in [1.54, 1.807) is 0 Å². The molecule has 2 aliphatic rings. The van der Waals surface area contributed by atoms with E-state index in [9.17, 15) is 0 Å². The summed E-state index contributed by atoms with van der Waals surface area (Å²) in [5, 5.41) is 0. The largest absolute Gasteiger partial charge is 0.368 e. The van der Waals surface area contributed by atoms with Crippen molar-refractivity contribution in [2.24, 2.45) is 0 Å². The van der Waals surface area contributed by atoms with Gasteiger partial charge in [0.2, 0.25) is 0 Å². The van der Waals surface area contributed by atoms with Gasteiger partial charge in [-0.05, 0) is 25.8 Å². The molecule has 0 spiro atoms. The summed E-state index contributed by atoms with van der Waals surface area (Å²) in [4.78, 5) is 0. The van der Waals surface area contributed by atoms with E-state index in [-0.39, 0.29) is 24.6 Å². The first kappa shape index (κ1) is 14.0. The quantitative estimate of drug-likeness (QED) is 0.848. The molecule has 4 atom stereocenters. The maximum atomic E-state index is 6.07. The summed E-state index contributed by atoms with van der Waals surface area (Å²) in [5.74, 6) is -0.595. The van der Waals surface area contributed by atoms with Crippen LogP contribution in [-0.4, -0.2) is 30.4 Å². The van der Waals surface area contributed by atoms with Crippen molar-refractivity contribution in [3.8, 4) is 0 Å². The zero-order chi connectivity index (χ0) is 14.2. The van der Waals surface area contributed by atoms with Crippen LogP contribution in [0.2, 0.25) is 0 Å². The van der Waals surface area contributed by atoms with E-state index in [0.717, 1.165) is 12.0 Å². The zero-order valence-electron chi connectivity index (χ0n) is 12.2. The molecule has 0 saturated carbocycles. The highest BCUT2D eigenvalue weighted by Gasteiger charge is 2.54. The van der Waals surface area contributed by atoms with Crippen LogP contribution in [0.4, 0.5) is 0 Å². The van der Waals surface area contributed by atoms with Gasteiger partial charge >= 0.3 is 0 Å². The van der Waals surface area contributed by atoms with Crippen molar-refractivity contribution in [3.05, 3.63) is 35.9 Å². The molecular weight excluding hydrogens is 256 g/mol. The van der Waals surface area contributed by atoms with Crippen LogP contribution >= 0.6 is 0 Å². The molecule has 0 aromatic heterocycles. The molecule has 2 fully saturated rings. The molecule has 1 aromatic rings. The molecule has 0 aliphatic carbocycles. The Labute approximate surface area is 120 Å². The first-order valence-electron chi connectivity index (χ1n) is 7.26. The Hall–Kier alpha value is -0.940. The van der Waals surface area contributed by atoms with Gasteiger partial charge < -0.3 is 18.9 Å². The minimum atomic E-state index is -0.595. The minimum Gasteiger partial charge on any atom is -0.368 e. The van der Waals surface area contributed by atoms with Crippen LogP contribution in [0, 0.1) is 0 Å². The van der Waals surface area contributed by atoms with Crippen LogP contribution in [0.25, 0.3) is 0 Å². The van der Waals surface area contributed by atoms with Crippen molar-refractivity contribution in [1.82, 2.24) is 0 Å². The van der Waals surface area contributed by atoms with Gasteiger partial charge in [0, 0.05) is 0 Å². The number of hydrogen-bond acceptors (Lipinski definition) is 4. The number of benzene rings is 1. The van der Waals surface area contributed by atoms with Crippen LogP contribution in [0.5, 0.6) is 0 Å². The summed E-state index contributed by atoms with van der Waals surface area (Å²) in [6, 6.07) is 10.2. The van der Waals surface area contributed by atoms with Crippen molar-refractivity contribution in [1.29, 1.82) is 0 Å². The van der Waals surface area contributed by atoms with E-state index in [1.165, 1.54) is 0 Å². The number of hydrogen-bond donors (Lipinski definition) is 0. The average molecular weight is 278 g/mol. The van der Waals surface area contributed by atoms with Gasteiger partial charge in [0.1, 0.15) is 12.2 Å². The molecular formula is C16H22O4. The van der Waals surface area contributed by atoms with Crippen LogP contribution in [-0.2, 0) is 25.6 Å². The fourth-order valence-electron chi connectivity index (χ4n) is 2.84. The highest BCUT2D eigenvalue weighted by atomic mass is 16.8. The first-order valence-corrected chi connectivity index (χ1v) is 7.26. The van der Waals surface area contributed by atoms with E-state index >= 15 is 0 Å². The highest BCUT2D eigenvalue weighted by molar-refractivity contribution is 5.13. The van der Waals surface area contributed by atoms with Crippen molar-refractivity contribution in [2.75, 3.05) is 0 Å². The molecule has 4 heteroatoms. The monoisotopic (exact) mass is 278 g/mol. The fraction of sp³-hybridized carbons (Fsp3) is 0.625. The molecule has 20 heavy (non-hydrogen) atoms. The Bertz CT molecular complexity index is 445. The van der Waals surface area contributed by atoms with E-state index < -0.39 is 5.79 Å². The lowest BCUT2D eigenvalue weighted by Gasteiger charge is -2.25. The summed E-state index contributed by atoms with van der Waals surface area (Å²) in [6.45, 7) is 6.47. The van der Waals surface area contributed by atoms with Gasteiger partial charge in [-0.25, -0.2) is 0 Å². The Morgan fingerprint density at radius 3 is 2.60 bits per heavy atom. The maximum Gasteiger partial charge on any atom is 0.190 e. The standard InChI is InChI=1S/C16H22O4/c1-4-12-13(17-10-11-8-6-5-7-9-11)14-15(18-12)20-16(2,3)19-14/h5-9,12-15H,4,10H2,1-3H3/t12-,13+,14?,15+/m1/s1. The predicted molar refractivity (Wildman–Crippen MR) is 74.0 cm³/mol. The normalized spacial score (nSPS) is 35.1. The lowest BCUT2D eigenvalue weighted by atomic mass is 10.1. The Kier molecular flexibility index (Phi) is 3.82. The third kappa shape index (κ3) is 2.74. The second-order valence-corrected chi connectivity index (χ2v) is 5.81. The second-order valence-electron chi connectivity index (χ2n) is 5.81. The molecule has 4 nitrogen and oxygen atoms in total. The molecule has 0 bridgehead atoms. The van der Waals surface area contributed by atoms with E-state index in [4.69, 9.17) is 18.9 Å². The van der Waals surface area contributed by atoms with Crippen LogP contribution < -0.4 is 0 Å². The molecule has 0 N–H and O–H groups in total. The maximum absolute atomic E-state index is 6.07. The highest BCUT2D eigenvalue weighted by Crippen LogP contribution is 2.39. The van der Waals surface area contributed by atoms with Gasteiger partial charge in [0.05, 0.1) is 12.7 Å². The fourth-order valence-corrected chi connectivity index (χ4v) is 2.84. The van der Waals surface area contributed by atoms with Gasteiger partial charge in [-0.2, -0.15) is 0 Å². The van der Waals surface area contributed by atoms with Crippen LogP contribution in [0.1, 0.15) is 32.8 Å². The summed E-state index contributed by atoms with van der Waals surface area (Å²) in [5.41, 5.74) is 1.16. The Morgan fingerprint density at radius 1 is 1.15 bits per heavy atom. The molecule has 110 valence electrons. The average Bonchev–Trinajstić information content (AvgIpc) is 2.89. The lowest BCUT2D eigenvalue weighted by molar-refractivity contribution is -0.219. The van der Waals surface area contributed by atoms with E-state index in [2.05, 4.69) is 19.1 Å². The number of fused-ring (bicyclic) bond motifs is 1. The van der Waals surface area contributed by atoms with Crippen molar-refractivity contribution in [3.63, 3.8) is 0 Å². The summed E-state index contributed by atoms with van der Waals surface area (Å²) in [6.07, 6.45) is 0.394. The van der Waals surface area contributed by atoms with Gasteiger partial charge in [0.15, 0.2) is 12.1 Å². The molecule has 0 radical (unpaired) electrons.